The zero-order valence-corrected chi connectivity index (χ0v) is 19.7. The van der Waals surface area contributed by atoms with Crippen molar-refractivity contribution >= 4 is 17.9 Å². The van der Waals surface area contributed by atoms with Crippen LogP contribution >= 0.6 is 7.29 Å². The molecule has 1 N–H and O–H groups in total. The third kappa shape index (κ3) is 5.60. The van der Waals surface area contributed by atoms with Crippen LogP contribution in [-0.4, -0.2) is 0 Å². The van der Waals surface area contributed by atoms with Crippen LogP contribution in [-0.2, 0) is 11.0 Å². The van der Waals surface area contributed by atoms with Crippen LogP contribution in [0, 0.1) is 5.92 Å². The average molecular weight is 452 g/mol. The Morgan fingerprint density at radius 1 is 0.697 bits per heavy atom. The van der Waals surface area contributed by atoms with Gasteiger partial charge in [0.05, 0.1) is 0 Å². The van der Waals surface area contributed by atoms with Gasteiger partial charge in [-0.2, -0.15) is 0 Å². The first-order valence-corrected chi connectivity index (χ1v) is 13.1. The van der Waals surface area contributed by atoms with Crippen molar-refractivity contribution in [2.24, 2.45) is 5.92 Å². The Kier molecular flexibility index (Phi) is 7.73. The van der Waals surface area contributed by atoms with Crippen LogP contribution in [0.1, 0.15) is 23.6 Å². The molecule has 4 aromatic carbocycles. The summed E-state index contributed by atoms with van der Waals surface area (Å²) < 4.78 is 14.7. The molecule has 33 heavy (non-hydrogen) atoms. The molecule has 2 nitrogen and oxygen atoms in total. The summed E-state index contributed by atoms with van der Waals surface area (Å²) >= 11 is 0. The Morgan fingerprint density at radius 2 is 1.15 bits per heavy atom. The fourth-order valence-corrected chi connectivity index (χ4v) is 6.76. The normalized spacial score (nSPS) is 13.2. The zero-order chi connectivity index (χ0) is 22.9. The molecule has 0 aliphatic heterocycles. The minimum absolute atomic E-state index is 0.105. The molecule has 0 spiro atoms. The molecule has 0 amide bonds. The highest BCUT2D eigenvalue weighted by molar-refractivity contribution is 7.76. The van der Waals surface area contributed by atoms with Crippen molar-refractivity contribution in [3.05, 3.63) is 145 Å². The predicted molar refractivity (Wildman–Crippen MR) is 141 cm³/mol. The molecule has 0 saturated heterocycles. The Bertz CT molecular complexity index is 1130. The summed E-state index contributed by atoms with van der Waals surface area (Å²) in [5.41, 5.74) is 2.41. The van der Waals surface area contributed by atoms with E-state index in [0.29, 0.717) is 0 Å². The Labute approximate surface area is 197 Å². The highest BCUT2D eigenvalue weighted by atomic mass is 31.2. The van der Waals surface area contributed by atoms with E-state index in [1.54, 1.807) is 0 Å². The molecule has 0 aromatic heterocycles. The molecular formula is C30H30NOP. The van der Waals surface area contributed by atoms with Crippen LogP contribution in [0.25, 0.3) is 0 Å². The highest BCUT2D eigenvalue weighted by Gasteiger charge is 2.33. The zero-order valence-electron chi connectivity index (χ0n) is 18.8. The molecule has 0 fully saturated rings. The van der Waals surface area contributed by atoms with E-state index >= 15 is 0 Å². The molecule has 0 bridgehead atoms. The fraction of sp³-hybridized carbons (Fsp3) is 0.133. The molecule has 0 aliphatic rings. The summed E-state index contributed by atoms with van der Waals surface area (Å²) in [7, 11) is -3.11. The van der Waals surface area contributed by atoms with Crippen LogP contribution < -0.4 is 15.7 Å². The minimum Gasteiger partial charge on any atom is -0.297 e. The van der Waals surface area contributed by atoms with Crippen molar-refractivity contribution in [1.29, 1.82) is 0 Å². The van der Waals surface area contributed by atoms with E-state index in [4.69, 9.17) is 0 Å². The van der Waals surface area contributed by atoms with Crippen molar-refractivity contribution in [3.63, 3.8) is 0 Å². The number of rotatable bonds is 10. The first-order valence-electron chi connectivity index (χ1n) is 11.4. The van der Waals surface area contributed by atoms with E-state index in [1.165, 1.54) is 5.56 Å². The van der Waals surface area contributed by atoms with Gasteiger partial charge in [0.1, 0.15) is 0 Å². The second-order valence-electron chi connectivity index (χ2n) is 8.22. The summed E-state index contributed by atoms with van der Waals surface area (Å²) in [6.45, 7) is 4.17. The summed E-state index contributed by atoms with van der Waals surface area (Å²) in [4.78, 5) is 0. The third-order valence-corrected chi connectivity index (χ3v) is 8.75. The average Bonchev–Trinajstić information content (AvgIpc) is 2.90. The molecule has 0 aliphatic carbocycles. The molecule has 0 unspecified atom stereocenters. The maximum Gasteiger partial charge on any atom is 0.205 e. The molecule has 2 atom stereocenters. The molecule has 4 aromatic rings. The molecule has 166 valence electrons. The topological polar surface area (TPSA) is 29.1 Å². The third-order valence-electron chi connectivity index (χ3n) is 6.06. The lowest BCUT2D eigenvalue weighted by Crippen LogP contribution is -2.34. The van der Waals surface area contributed by atoms with Crippen LogP contribution in [0.2, 0.25) is 0 Å². The van der Waals surface area contributed by atoms with Gasteiger partial charge in [0.15, 0.2) is 0 Å². The highest BCUT2D eigenvalue weighted by Crippen LogP contribution is 2.44. The molecular weight excluding hydrogens is 421 g/mol. The van der Waals surface area contributed by atoms with Crippen molar-refractivity contribution < 1.29 is 4.57 Å². The standard InChI is InChI=1S/C30H30NOP/c1-2-26(24-23-25-15-7-3-8-16-25)30(27-17-9-4-10-18-27)31-33(32,28-19-11-5-12-20-28)29-21-13-6-14-22-29/h2-22,26,30H,1,23-24H2,(H,31,32)/t26-,30+/m0/s1. The summed E-state index contributed by atoms with van der Waals surface area (Å²) in [6, 6.07) is 40.2. The van der Waals surface area contributed by atoms with Gasteiger partial charge in [-0.25, -0.2) is 0 Å². The van der Waals surface area contributed by atoms with Gasteiger partial charge >= 0.3 is 0 Å². The van der Waals surface area contributed by atoms with E-state index in [-0.39, 0.29) is 12.0 Å². The first kappa shape index (κ1) is 23.0. The Balaban J connectivity index is 1.73. The molecule has 0 radical (unpaired) electrons. The van der Waals surface area contributed by atoms with Gasteiger partial charge in [-0.15, -0.1) is 6.58 Å². The summed E-state index contributed by atoms with van der Waals surface area (Å²) in [5.74, 6) is 0.105. The molecule has 4 rings (SSSR count). The predicted octanol–water partition coefficient (Wildman–Crippen LogP) is 6.68. The fourth-order valence-electron chi connectivity index (χ4n) is 4.25. The monoisotopic (exact) mass is 451 g/mol. The van der Waals surface area contributed by atoms with E-state index in [0.717, 1.165) is 29.0 Å². The molecule has 0 heterocycles. The van der Waals surface area contributed by atoms with Crippen molar-refractivity contribution in [3.8, 4) is 0 Å². The van der Waals surface area contributed by atoms with Gasteiger partial charge in [-0.1, -0.05) is 103 Å². The van der Waals surface area contributed by atoms with Crippen LogP contribution in [0.15, 0.2) is 134 Å². The molecule has 0 saturated carbocycles. The smallest absolute Gasteiger partial charge is 0.205 e. The number of benzene rings is 4. The van der Waals surface area contributed by atoms with Gasteiger partial charge in [0.25, 0.3) is 0 Å². The van der Waals surface area contributed by atoms with Gasteiger partial charge in [-0.05, 0) is 54.2 Å². The van der Waals surface area contributed by atoms with Gasteiger partial charge in [-0.3, -0.25) is 9.65 Å². The quantitative estimate of drug-likeness (QED) is 0.215. The van der Waals surface area contributed by atoms with Gasteiger partial charge in [0.2, 0.25) is 7.29 Å². The number of aryl methyl sites for hydroxylation is 1. The maximum atomic E-state index is 14.7. The SMILES string of the molecule is C=C[C@@H](CCc1ccccc1)[C@@H](NP(=O)(c1ccccc1)c1ccccc1)c1ccccc1. The van der Waals surface area contributed by atoms with E-state index in [9.17, 15) is 4.57 Å². The lowest BCUT2D eigenvalue weighted by molar-refractivity contribution is 0.450. The van der Waals surface area contributed by atoms with Crippen molar-refractivity contribution in [2.75, 3.05) is 0 Å². The lowest BCUT2D eigenvalue weighted by Gasteiger charge is -2.32. The minimum atomic E-state index is -3.11. The maximum absolute atomic E-state index is 14.7. The largest absolute Gasteiger partial charge is 0.297 e. The van der Waals surface area contributed by atoms with Crippen molar-refractivity contribution in [1.82, 2.24) is 5.09 Å². The second kappa shape index (κ2) is 11.1. The Morgan fingerprint density at radius 3 is 1.64 bits per heavy atom. The van der Waals surface area contributed by atoms with E-state index in [1.807, 2.05) is 91.0 Å². The summed E-state index contributed by atoms with van der Waals surface area (Å²) in [6.07, 6.45) is 3.85. The number of nitrogens with one attached hydrogen (secondary N) is 1. The van der Waals surface area contributed by atoms with Crippen LogP contribution in [0.4, 0.5) is 0 Å². The van der Waals surface area contributed by atoms with Gasteiger partial charge in [0, 0.05) is 16.7 Å². The van der Waals surface area contributed by atoms with Crippen LogP contribution in [0.5, 0.6) is 0 Å². The Hall–Kier alpha value is -3.19. The number of hydrogen-bond donors (Lipinski definition) is 1. The van der Waals surface area contributed by atoms with Crippen molar-refractivity contribution in [2.45, 2.75) is 18.9 Å². The van der Waals surface area contributed by atoms with Gasteiger partial charge < -0.3 is 0 Å². The van der Waals surface area contributed by atoms with E-state index < -0.39 is 7.29 Å². The van der Waals surface area contributed by atoms with E-state index in [2.05, 4.69) is 48.1 Å². The number of hydrogen-bond acceptors (Lipinski definition) is 1. The first-order chi connectivity index (χ1) is 16.2. The van der Waals surface area contributed by atoms with Crippen LogP contribution in [0.3, 0.4) is 0 Å². The second-order valence-corrected chi connectivity index (χ2v) is 10.7. The lowest BCUT2D eigenvalue weighted by atomic mass is 9.89. The summed E-state index contributed by atoms with van der Waals surface area (Å²) in [5, 5.41) is 5.27. The molecule has 3 heteroatoms.